The maximum Gasteiger partial charge on any atom is 0.338 e. The number of ether oxygens (including phenoxy) is 5. The summed E-state index contributed by atoms with van der Waals surface area (Å²) in [7, 11) is 0. The first-order chi connectivity index (χ1) is 14.7. The fraction of sp³-hybridized carbons (Fsp3) is 0.476. The van der Waals surface area contributed by atoms with Gasteiger partial charge in [0.15, 0.2) is 0 Å². The lowest BCUT2D eigenvalue weighted by atomic mass is 10.2. The molecule has 0 N–H and O–H groups in total. The molecule has 0 unspecified atom stereocenters. The van der Waals surface area contributed by atoms with Gasteiger partial charge in [0.05, 0.1) is 65.0 Å². The summed E-state index contributed by atoms with van der Waals surface area (Å²) in [6.07, 6.45) is 2.49. The van der Waals surface area contributed by atoms with Gasteiger partial charge in [-0.15, -0.1) is 0 Å². The van der Waals surface area contributed by atoms with Gasteiger partial charge in [0.1, 0.15) is 6.61 Å². The van der Waals surface area contributed by atoms with Crippen LogP contribution in [0.2, 0.25) is 0 Å². The summed E-state index contributed by atoms with van der Waals surface area (Å²) in [6.45, 7) is 3.43. The van der Waals surface area contributed by atoms with Crippen LogP contribution in [-0.4, -0.2) is 88.7 Å². The van der Waals surface area contributed by atoms with E-state index in [1.165, 1.54) is 12.2 Å². The topological polar surface area (TPSA) is 101 Å². The molecule has 1 aromatic rings. The van der Waals surface area contributed by atoms with Crippen LogP contribution in [0.25, 0.3) is 0 Å². The van der Waals surface area contributed by atoms with Crippen LogP contribution in [0.1, 0.15) is 10.4 Å². The Morgan fingerprint density at radius 1 is 0.667 bits per heavy atom. The van der Waals surface area contributed by atoms with E-state index < -0.39 is 0 Å². The van der Waals surface area contributed by atoms with Gasteiger partial charge in [-0.3, -0.25) is 14.5 Å². The van der Waals surface area contributed by atoms with Crippen LogP contribution in [0.5, 0.6) is 0 Å². The lowest BCUT2D eigenvalue weighted by Gasteiger charge is -2.13. The molecule has 1 heterocycles. The predicted octanol–water partition coefficient (Wildman–Crippen LogP) is 0.835. The highest BCUT2D eigenvalue weighted by Crippen LogP contribution is 2.02. The minimum Gasteiger partial charge on any atom is -0.460 e. The second kappa shape index (κ2) is 14.4. The summed E-state index contributed by atoms with van der Waals surface area (Å²) in [5, 5.41) is 0. The van der Waals surface area contributed by atoms with E-state index in [9.17, 15) is 14.4 Å². The number of amides is 2. The smallest absolute Gasteiger partial charge is 0.338 e. The maximum atomic E-state index is 11.7. The van der Waals surface area contributed by atoms with Gasteiger partial charge >= 0.3 is 5.97 Å². The summed E-state index contributed by atoms with van der Waals surface area (Å²) in [5.74, 6) is -0.991. The highest BCUT2D eigenvalue weighted by atomic mass is 16.6. The van der Waals surface area contributed by atoms with Gasteiger partial charge in [-0.1, -0.05) is 18.2 Å². The van der Waals surface area contributed by atoms with E-state index in [0.717, 1.165) is 4.90 Å². The molecule has 164 valence electrons. The van der Waals surface area contributed by atoms with Crippen molar-refractivity contribution in [3.05, 3.63) is 48.0 Å². The molecule has 0 saturated carbocycles. The molecule has 9 heteroatoms. The van der Waals surface area contributed by atoms with Crippen LogP contribution in [0.3, 0.4) is 0 Å². The minimum atomic E-state index is -0.369. The van der Waals surface area contributed by atoms with Crippen LogP contribution >= 0.6 is 0 Å². The molecule has 1 aliphatic heterocycles. The van der Waals surface area contributed by atoms with E-state index in [2.05, 4.69) is 0 Å². The molecule has 0 bridgehead atoms. The van der Waals surface area contributed by atoms with E-state index in [-0.39, 0.29) is 37.5 Å². The lowest BCUT2D eigenvalue weighted by molar-refractivity contribution is -0.137. The number of imide groups is 1. The second-order valence-electron chi connectivity index (χ2n) is 6.11. The van der Waals surface area contributed by atoms with Crippen molar-refractivity contribution < 1.29 is 38.1 Å². The van der Waals surface area contributed by atoms with Gasteiger partial charge in [0.25, 0.3) is 11.8 Å². The molecule has 0 fully saturated rings. The highest BCUT2D eigenvalue weighted by molar-refractivity contribution is 6.12. The van der Waals surface area contributed by atoms with Crippen LogP contribution < -0.4 is 0 Å². The zero-order valence-electron chi connectivity index (χ0n) is 16.8. The van der Waals surface area contributed by atoms with Crippen molar-refractivity contribution in [3.8, 4) is 0 Å². The molecule has 2 rings (SSSR count). The van der Waals surface area contributed by atoms with Crippen molar-refractivity contribution in [2.75, 3.05) is 66.0 Å². The van der Waals surface area contributed by atoms with E-state index >= 15 is 0 Å². The number of carbonyl (C=O) groups is 3. The first-order valence-electron chi connectivity index (χ1n) is 9.75. The summed E-state index contributed by atoms with van der Waals surface area (Å²) in [5.41, 5.74) is 0.514. The normalized spacial score (nSPS) is 13.3. The Morgan fingerprint density at radius 3 is 1.67 bits per heavy atom. The highest BCUT2D eigenvalue weighted by Gasteiger charge is 2.22. The third-order valence-corrected chi connectivity index (χ3v) is 3.95. The first-order valence-corrected chi connectivity index (χ1v) is 9.75. The van der Waals surface area contributed by atoms with Crippen LogP contribution in [0.15, 0.2) is 42.5 Å². The van der Waals surface area contributed by atoms with Crippen LogP contribution in [0, 0.1) is 0 Å². The summed E-state index contributed by atoms with van der Waals surface area (Å²) in [6, 6.07) is 8.79. The van der Waals surface area contributed by atoms with Gasteiger partial charge < -0.3 is 23.7 Å². The number of hydrogen-bond donors (Lipinski definition) is 0. The van der Waals surface area contributed by atoms with E-state index in [4.69, 9.17) is 23.7 Å². The predicted molar refractivity (Wildman–Crippen MR) is 106 cm³/mol. The third kappa shape index (κ3) is 9.27. The zero-order valence-corrected chi connectivity index (χ0v) is 16.8. The van der Waals surface area contributed by atoms with E-state index in [1.54, 1.807) is 24.3 Å². The Balaban J connectivity index is 1.29. The summed E-state index contributed by atoms with van der Waals surface area (Å²) < 4.78 is 26.5. The minimum absolute atomic E-state index is 0.188. The average molecular weight is 421 g/mol. The molecule has 0 radical (unpaired) electrons. The molecule has 2 amide bonds. The quantitative estimate of drug-likeness (QED) is 0.220. The molecular weight excluding hydrogens is 394 g/mol. The Hall–Kier alpha value is -2.59. The van der Waals surface area contributed by atoms with Crippen LogP contribution in [-0.2, 0) is 33.3 Å². The number of hydrogen-bond acceptors (Lipinski definition) is 8. The Kier molecular flexibility index (Phi) is 11.4. The molecule has 0 aromatic heterocycles. The van der Waals surface area contributed by atoms with E-state index in [1.807, 2.05) is 6.07 Å². The van der Waals surface area contributed by atoms with Gasteiger partial charge in [-0.05, 0) is 12.1 Å². The standard InChI is InChI=1S/C21H27NO8/c23-19-6-7-20(24)22(19)8-9-26-10-11-27-12-13-28-14-15-29-16-17-30-21(25)18-4-2-1-3-5-18/h1-7H,8-17H2. The van der Waals surface area contributed by atoms with Crippen molar-refractivity contribution in [3.63, 3.8) is 0 Å². The van der Waals surface area contributed by atoms with Gasteiger partial charge in [-0.2, -0.15) is 0 Å². The fourth-order valence-corrected chi connectivity index (χ4v) is 2.42. The Morgan fingerprint density at radius 2 is 1.13 bits per heavy atom. The lowest BCUT2D eigenvalue weighted by Crippen LogP contribution is -2.33. The first kappa shape index (κ1) is 23.7. The SMILES string of the molecule is O=C(OCCOCCOCCOCCOCCN1C(=O)C=CC1=O)c1ccccc1. The molecule has 0 spiro atoms. The number of benzene rings is 1. The Bertz CT molecular complexity index is 674. The van der Waals surface area contributed by atoms with Crippen molar-refractivity contribution in [1.29, 1.82) is 0 Å². The molecular formula is C21H27NO8. The summed E-state index contributed by atoms with van der Waals surface area (Å²) >= 11 is 0. The van der Waals surface area contributed by atoms with Crippen molar-refractivity contribution >= 4 is 17.8 Å². The molecule has 0 aliphatic carbocycles. The average Bonchev–Trinajstić information content (AvgIpc) is 3.08. The fourth-order valence-electron chi connectivity index (χ4n) is 2.42. The van der Waals surface area contributed by atoms with E-state index in [0.29, 0.717) is 51.8 Å². The number of rotatable bonds is 16. The maximum absolute atomic E-state index is 11.7. The monoisotopic (exact) mass is 421 g/mol. The molecule has 0 atom stereocenters. The molecule has 30 heavy (non-hydrogen) atoms. The number of nitrogens with zero attached hydrogens (tertiary/aromatic N) is 1. The molecule has 1 aromatic carbocycles. The van der Waals surface area contributed by atoms with Gasteiger partial charge in [-0.25, -0.2) is 4.79 Å². The van der Waals surface area contributed by atoms with Crippen LogP contribution in [0.4, 0.5) is 0 Å². The zero-order chi connectivity index (χ0) is 21.4. The second-order valence-corrected chi connectivity index (χ2v) is 6.11. The number of carbonyl (C=O) groups excluding carboxylic acids is 3. The van der Waals surface area contributed by atoms with Crippen molar-refractivity contribution in [2.45, 2.75) is 0 Å². The largest absolute Gasteiger partial charge is 0.460 e. The van der Waals surface area contributed by atoms with Crippen molar-refractivity contribution in [2.24, 2.45) is 0 Å². The van der Waals surface area contributed by atoms with Gasteiger partial charge in [0.2, 0.25) is 0 Å². The third-order valence-electron chi connectivity index (χ3n) is 3.95. The molecule has 0 saturated heterocycles. The Labute approximate surface area is 175 Å². The van der Waals surface area contributed by atoms with Crippen molar-refractivity contribution in [1.82, 2.24) is 4.90 Å². The number of esters is 1. The molecule has 1 aliphatic rings. The van der Waals surface area contributed by atoms with Gasteiger partial charge in [0, 0.05) is 12.2 Å². The summed E-state index contributed by atoms with van der Waals surface area (Å²) in [4.78, 5) is 35.5. The molecule has 9 nitrogen and oxygen atoms in total.